The molecule has 0 aliphatic rings. The van der Waals surface area contributed by atoms with E-state index in [1.807, 2.05) is 0 Å². The fourth-order valence-electron chi connectivity index (χ4n) is 1.35. The number of hydrogen-bond donors (Lipinski definition) is 2. The molecule has 2 N–H and O–H groups in total. The van der Waals surface area contributed by atoms with E-state index in [-0.39, 0.29) is 25.0 Å². The van der Waals surface area contributed by atoms with Gasteiger partial charge in [-0.1, -0.05) is 6.07 Å². The second-order valence-corrected chi connectivity index (χ2v) is 3.90. The Kier molecular flexibility index (Phi) is 5.03. The van der Waals surface area contributed by atoms with Gasteiger partial charge in [-0.2, -0.15) is 0 Å². The van der Waals surface area contributed by atoms with Gasteiger partial charge in [-0.3, -0.25) is 4.79 Å². The van der Waals surface area contributed by atoms with Crippen LogP contribution in [-0.4, -0.2) is 23.7 Å². The third-order valence-electron chi connectivity index (χ3n) is 2.31. The minimum absolute atomic E-state index is 0.128. The molecule has 1 aromatic rings. The lowest BCUT2D eigenvalue weighted by molar-refractivity contribution is -0.121. The Morgan fingerprint density at radius 2 is 2.12 bits per heavy atom. The summed E-state index contributed by atoms with van der Waals surface area (Å²) in [6.07, 6.45) is 0.511. The molecule has 1 unspecified atom stereocenters. The van der Waals surface area contributed by atoms with E-state index < -0.39 is 11.6 Å². The van der Waals surface area contributed by atoms with Crippen LogP contribution < -0.4 is 5.32 Å². The van der Waals surface area contributed by atoms with E-state index in [0.29, 0.717) is 12.0 Å². The Labute approximate surface area is 98.5 Å². The average molecular weight is 243 g/mol. The molecule has 1 amide bonds. The highest BCUT2D eigenvalue weighted by atomic mass is 19.2. The van der Waals surface area contributed by atoms with Crippen LogP contribution in [0.15, 0.2) is 18.2 Å². The molecule has 1 aromatic carbocycles. The molecular formula is C12H15F2NO2. The quantitative estimate of drug-likeness (QED) is 0.821. The third kappa shape index (κ3) is 4.48. The van der Waals surface area contributed by atoms with Gasteiger partial charge in [0.1, 0.15) is 0 Å². The second kappa shape index (κ2) is 6.30. The number of aliphatic hydroxyl groups excluding tert-OH is 1. The van der Waals surface area contributed by atoms with Crippen molar-refractivity contribution in [1.29, 1.82) is 0 Å². The van der Waals surface area contributed by atoms with Crippen molar-refractivity contribution in [2.45, 2.75) is 25.8 Å². The number of aryl methyl sites for hydroxylation is 1. The lowest BCUT2D eigenvalue weighted by atomic mass is 10.1. The van der Waals surface area contributed by atoms with Gasteiger partial charge in [0.05, 0.1) is 6.61 Å². The molecule has 17 heavy (non-hydrogen) atoms. The normalized spacial score (nSPS) is 12.2. The summed E-state index contributed by atoms with van der Waals surface area (Å²) in [6.45, 7) is 1.55. The largest absolute Gasteiger partial charge is 0.394 e. The number of rotatable bonds is 5. The van der Waals surface area contributed by atoms with Gasteiger partial charge in [0, 0.05) is 12.5 Å². The smallest absolute Gasteiger partial charge is 0.220 e. The number of hydrogen-bond acceptors (Lipinski definition) is 2. The van der Waals surface area contributed by atoms with E-state index in [1.54, 1.807) is 6.92 Å². The highest BCUT2D eigenvalue weighted by Gasteiger charge is 2.07. The van der Waals surface area contributed by atoms with Gasteiger partial charge in [0.15, 0.2) is 11.6 Å². The van der Waals surface area contributed by atoms with Gasteiger partial charge < -0.3 is 10.4 Å². The molecule has 1 atom stereocenters. The summed E-state index contributed by atoms with van der Waals surface area (Å²) in [4.78, 5) is 11.3. The van der Waals surface area contributed by atoms with Gasteiger partial charge in [-0.05, 0) is 31.0 Å². The number of amides is 1. The van der Waals surface area contributed by atoms with Crippen molar-refractivity contribution in [2.24, 2.45) is 0 Å². The average Bonchev–Trinajstić information content (AvgIpc) is 2.30. The first-order chi connectivity index (χ1) is 8.02. The summed E-state index contributed by atoms with van der Waals surface area (Å²) in [5.74, 6) is -2.03. The predicted molar refractivity (Wildman–Crippen MR) is 59.4 cm³/mol. The molecule has 0 saturated carbocycles. The number of nitrogens with one attached hydrogen (secondary N) is 1. The zero-order valence-corrected chi connectivity index (χ0v) is 9.54. The van der Waals surface area contributed by atoms with Crippen LogP contribution in [0.5, 0.6) is 0 Å². The minimum Gasteiger partial charge on any atom is -0.394 e. The number of aliphatic hydroxyl groups is 1. The van der Waals surface area contributed by atoms with Crippen molar-refractivity contribution >= 4 is 5.91 Å². The topological polar surface area (TPSA) is 49.3 Å². The molecule has 1 rings (SSSR count). The fraction of sp³-hybridized carbons (Fsp3) is 0.417. The lowest BCUT2D eigenvalue weighted by Gasteiger charge is -2.10. The van der Waals surface area contributed by atoms with Crippen LogP contribution in [0, 0.1) is 11.6 Å². The summed E-state index contributed by atoms with van der Waals surface area (Å²) < 4.78 is 25.5. The van der Waals surface area contributed by atoms with Crippen LogP contribution in [0.1, 0.15) is 18.9 Å². The molecule has 94 valence electrons. The molecule has 0 radical (unpaired) electrons. The number of carbonyl (C=O) groups excluding carboxylic acids is 1. The lowest BCUT2D eigenvalue weighted by Crippen LogP contribution is -2.35. The van der Waals surface area contributed by atoms with Gasteiger partial charge >= 0.3 is 0 Å². The Morgan fingerprint density at radius 3 is 2.71 bits per heavy atom. The van der Waals surface area contributed by atoms with Gasteiger partial charge in [0.25, 0.3) is 0 Å². The molecule has 0 aliphatic heterocycles. The minimum atomic E-state index is -0.911. The first kappa shape index (κ1) is 13.6. The van der Waals surface area contributed by atoms with Crippen LogP contribution in [0.2, 0.25) is 0 Å². The molecule has 0 saturated heterocycles. The summed E-state index contributed by atoms with van der Waals surface area (Å²) in [5, 5.41) is 11.3. The third-order valence-corrected chi connectivity index (χ3v) is 2.31. The fourth-order valence-corrected chi connectivity index (χ4v) is 1.35. The zero-order valence-electron chi connectivity index (χ0n) is 9.54. The van der Waals surface area contributed by atoms with Crippen molar-refractivity contribution in [3.05, 3.63) is 35.4 Å². The summed E-state index contributed by atoms with van der Waals surface area (Å²) in [5.41, 5.74) is 0.565. The Balaban J connectivity index is 2.45. The van der Waals surface area contributed by atoms with Crippen molar-refractivity contribution in [2.75, 3.05) is 6.61 Å². The Hall–Kier alpha value is -1.49. The first-order valence-corrected chi connectivity index (χ1v) is 5.37. The van der Waals surface area contributed by atoms with E-state index in [2.05, 4.69) is 5.32 Å². The molecule has 0 bridgehead atoms. The van der Waals surface area contributed by atoms with Crippen molar-refractivity contribution in [3.63, 3.8) is 0 Å². The molecule has 0 heterocycles. The number of halogens is 2. The molecule has 5 heteroatoms. The van der Waals surface area contributed by atoms with E-state index in [1.165, 1.54) is 6.07 Å². The van der Waals surface area contributed by atoms with Crippen LogP contribution in [0.25, 0.3) is 0 Å². The molecule has 0 aromatic heterocycles. The maximum Gasteiger partial charge on any atom is 0.220 e. The Bertz CT molecular complexity index is 396. The van der Waals surface area contributed by atoms with E-state index in [0.717, 1.165) is 12.1 Å². The summed E-state index contributed by atoms with van der Waals surface area (Å²) in [7, 11) is 0. The SMILES string of the molecule is CC(CO)NC(=O)CCc1ccc(F)c(F)c1. The molecule has 0 spiro atoms. The molecule has 0 fully saturated rings. The molecule has 3 nitrogen and oxygen atoms in total. The number of carbonyl (C=O) groups is 1. The van der Waals surface area contributed by atoms with E-state index in [4.69, 9.17) is 5.11 Å². The Morgan fingerprint density at radius 1 is 1.41 bits per heavy atom. The van der Waals surface area contributed by atoms with Crippen molar-refractivity contribution < 1.29 is 18.7 Å². The molecule has 0 aliphatic carbocycles. The predicted octanol–water partition coefficient (Wildman–Crippen LogP) is 1.39. The highest BCUT2D eigenvalue weighted by Crippen LogP contribution is 2.10. The van der Waals surface area contributed by atoms with Crippen LogP contribution in [0.4, 0.5) is 8.78 Å². The van der Waals surface area contributed by atoms with Gasteiger partial charge in [0.2, 0.25) is 5.91 Å². The van der Waals surface area contributed by atoms with E-state index >= 15 is 0 Å². The molecular weight excluding hydrogens is 228 g/mol. The van der Waals surface area contributed by atoms with Crippen molar-refractivity contribution in [3.8, 4) is 0 Å². The second-order valence-electron chi connectivity index (χ2n) is 3.90. The van der Waals surface area contributed by atoms with Crippen LogP contribution in [0.3, 0.4) is 0 Å². The van der Waals surface area contributed by atoms with Crippen LogP contribution >= 0.6 is 0 Å². The number of benzene rings is 1. The van der Waals surface area contributed by atoms with Crippen LogP contribution in [-0.2, 0) is 11.2 Å². The maximum atomic E-state index is 12.9. The maximum absolute atomic E-state index is 12.9. The van der Waals surface area contributed by atoms with Crippen molar-refractivity contribution in [1.82, 2.24) is 5.32 Å². The van der Waals surface area contributed by atoms with E-state index in [9.17, 15) is 13.6 Å². The summed E-state index contributed by atoms with van der Waals surface area (Å²) in [6, 6.07) is 3.27. The first-order valence-electron chi connectivity index (χ1n) is 5.37. The van der Waals surface area contributed by atoms with Gasteiger partial charge in [-0.25, -0.2) is 8.78 Å². The monoisotopic (exact) mass is 243 g/mol. The summed E-state index contributed by atoms with van der Waals surface area (Å²) >= 11 is 0. The zero-order chi connectivity index (χ0) is 12.8. The standard InChI is InChI=1S/C12H15F2NO2/c1-8(7-16)15-12(17)5-3-9-2-4-10(13)11(14)6-9/h2,4,6,8,16H,3,5,7H2,1H3,(H,15,17). The highest BCUT2D eigenvalue weighted by molar-refractivity contribution is 5.76. The van der Waals surface area contributed by atoms with Gasteiger partial charge in [-0.15, -0.1) is 0 Å².